The van der Waals surface area contributed by atoms with Crippen LogP contribution in [0.4, 0.5) is 0 Å². The van der Waals surface area contributed by atoms with Gasteiger partial charge in [-0.1, -0.05) is 24.3 Å². The fourth-order valence-corrected chi connectivity index (χ4v) is 4.83. The van der Waals surface area contributed by atoms with Crippen LogP contribution in [0.2, 0.25) is 0 Å². The van der Waals surface area contributed by atoms with E-state index in [1.54, 1.807) is 12.1 Å². The number of rotatable bonds is 6. The molecule has 0 saturated carbocycles. The van der Waals surface area contributed by atoms with Gasteiger partial charge in [0.2, 0.25) is 0 Å². The standard InChI is InChI=1S/C30H16O10/c31-27(32)15-5-1-13(2-6-15)21-9-17-23(39-21)11-19(29(35)36)26-18-10-22(14-3-7-16(8-4-14)28(33)34)40-24(18)12-20(25(17)26)30(37)38/h1-12H,(H,31,32)(H,33,34)(H,35,36)(H,37,38). The van der Waals surface area contributed by atoms with Gasteiger partial charge in [-0.05, 0) is 48.5 Å². The number of benzene rings is 4. The molecule has 0 aliphatic carbocycles. The Morgan fingerprint density at radius 3 is 1.12 bits per heavy atom. The minimum atomic E-state index is -1.31. The molecule has 0 saturated heterocycles. The third-order valence-electron chi connectivity index (χ3n) is 6.69. The normalized spacial score (nSPS) is 11.3. The van der Waals surface area contributed by atoms with E-state index in [1.807, 2.05) is 0 Å². The first kappa shape index (κ1) is 24.4. The molecule has 196 valence electrons. The van der Waals surface area contributed by atoms with Crippen LogP contribution in [0.25, 0.3) is 55.4 Å². The highest BCUT2D eigenvalue weighted by Crippen LogP contribution is 2.42. The largest absolute Gasteiger partial charge is 0.478 e. The van der Waals surface area contributed by atoms with E-state index >= 15 is 0 Å². The first-order valence-electron chi connectivity index (χ1n) is 11.7. The lowest BCUT2D eigenvalue weighted by Crippen LogP contribution is -2.02. The predicted octanol–water partition coefficient (Wildman–Crippen LogP) is 6.46. The van der Waals surface area contributed by atoms with Gasteiger partial charge in [-0.25, -0.2) is 19.2 Å². The number of carboxylic acids is 4. The predicted molar refractivity (Wildman–Crippen MR) is 142 cm³/mol. The molecule has 4 N–H and O–H groups in total. The number of hydrogen-bond acceptors (Lipinski definition) is 6. The Hall–Kier alpha value is -5.90. The van der Waals surface area contributed by atoms with Crippen molar-refractivity contribution >= 4 is 56.6 Å². The van der Waals surface area contributed by atoms with Gasteiger partial charge in [-0.2, -0.15) is 0 Å². The highest BCUT2D eigenvalue weighted by Gasteiger charge is 2.25. The summed E-state index contributed by atoms with van der Waals surface area (Å²) in [7, 11) is 0. The Morgan fingerprint density at radius 1 is 0.475 bits per heavy atom. The number of fused-ring (bicyclic) bond motifs is 5. The second kappa shape index (κ2) is 8.84. The Bertz CT molecular complexity index is 1890. The molecule has 10 nitrogen and oxygen atoms in total. The lowest BCUT2D eigenvalue weighted by Gasteiger charge is -2.08. The van der Waals surface area contributed by atoms with Crippen LogP contribution in [0.3, 0.4) is 0 Å². The van der Waals surface area contributed by atoms with Crippen molar-refractivity contribution in [2.75, 3.05) is 0 Å². The van der Waals surface area contributed by atoms with Crippen LogP contribution in [-0.2, 0) is 0 Å². The molecule has 0 spiro atoms. The summed E-state index contributed by atoms with van der Waals surface area (Å²) >= 11 is 0. The highest BCUT2D eigenvalue weighted by molar-refractivity contribution is 6.28. The van der Waals surface area contributed by atoms with Crippen molar-refractivity contribution in [1.29, 1.82) is 0 Å². The van der Waals surface area contributed by atoms with Crippen LogP contribution in [0.15, 0.2) is 81.6 Å². The second-order valence-corrected chi connectivity index (χ2v) is 9.02. The van der Waals surface area contributed by atoms with Crippen molar-refractivity contribution in [2.24, 2.45) is 0 Å². The maximum Gasteiger partial charge on any atom is 0.336 e. The van der Waals surface area contributed by atoms with Crippen LogP contribution < -0.4 is 0 Å². The third kappa shape index (κ3) is 3.82. The van der Waals surface area contributed by atoms with Gasteiger partial charge in [0.15, 0.2) is 0 Å². The first-order chi connectivity index (χ1) is 19.1. The summed E-state index contributed by atoms with van der Waals surface area (Å²) in [6, 6.07) is 17.5. The van der Waals surface area contributed by atoms with Crippen molar-refractivity contribution in [3.05, 3.63) is 95.1 Å². The van der Waals surface area contributed by atoms with Crippen molar-refractivity contribution in [3.8, 4) is 22.6 Å². The maximum absolute atomic E-state index is 12.4. The summed E-state index contributed by atoms with van der Waals surface area (Å²) in [5.41, 5.74) is 1.04. The van der Waals surface area contributed by atoms with Crippen LogP contribution in [-0.4, -0.2) is 44.3 Å². The van der Waals surface area contributed by atoms with Gasteiger partial charge < -0.3 is 29.3 Å². The Kier molecular flexibility index (Phi) is 5.40. The van der Waals surface area contributed by atoms with E-state index in [0.29, 0.717) is 33.4 Å². The van der Waals surface area contributed by atoms with Gasteiger partial charge >= 0.3 is 23.9 Å². The smallest absolute Gasteiger partial charge is 0.336 e. The van der Waals surface area contributed by atoms with Crippen LogP contribution in [0.5, 0.6) is 0 Å². The van der Waals surface area contributed by atoms with Crippen molar-refractivity contribution in [3.63, 3.8) is 0 Å². The second-order valence-electron chi connectivity index (χ2n) is 9.02. The molecule has 0 unspecified atom stereocenters. The number of carbonyl (C=O) groups is 4. The van der Waals surface area contributed by atoms with E-state index in [0.717, 1.165) is 0 Å². The summed E-state index contributed by atoms with van der Waals surface area (Å²) in [6.45, 7) is 0. The van der Waals surface area contributed by atoms with Gasteiger partial charge in [-0.3, -0.25) is 0 Å². The molecule has 0 fully saturated rings. The highest BCUT2D eigenvalue weighted by atomic mass is 16.4. The lowest BCUT2D eigenvalue weighted by molar-refractivity contribution is 0.0686. The van der Waals surface area contributed by atoms with Gasteiger partial charge in [0, 0.05) is 32.7 Å². The molecule has 0 aliphatic heterocycles. The van der Waals surface area contributed by atoms with Gasteiger partial charge in [0.05, 0.1) is 22.3 Å². The van der Waals surface area contributed by atoms with Gasteiger partial charge in [0.1, 0.15) is 22.7 Å². The summed E-state index contributed by atoms with van der Waals surface area (Å²) in [6.07, 6.45) is 0. The Morgan fingerprint density at radius 2 is 0.825 bits per heavy atom. The van der Waals surface area contributed by atoms with E-state index in [4.69, 9.17) is 8.83 Å². The number of hydrogen-bond donors (Lipinski definition) is 4. The molecule has 4 aromatic carbocycles. The molecular weight excluding hydrogens is 520 g/mol. The molecule has 40 heavy (non-hydrogen) atoms. The number of carboxylic acid groups (broad SMARTS) is 4. The number of furan rings is 2. The molecule has 0 radical (unpaired) electrons. The van der Waals surface area contributed by atoms with Gasteiger partial charge in [-0.15, -0.1) is 0 Å². The van der Waals surface area contributed by atoms with E-state index in [-0.39, 0.29) is 44.2 Å². The molecule has 2 aromatic heterocycles. The fraction of sp³-hybridized carbons (Fsp3) is 0. The fourth-order valence-electron chi connectivity index (χ4n) is 4.83. The Labute approximate surface area is 222 Å². The third-order valence-corrected chi connectivity index (χ3v) is 6.69. The minimum absolute atomic E-state index is 0.0717. The average Bonchev–Trinajstić information content (AvgIpc) is 3.56. The topological polar surface area (TPSA) is 175 Å². The Balaban J connectivity index is 1.64. The summed E-state index contributed by atoms with van der Waals surface area (Å²) in [5, 5.41) is 39.6. The molecule has 6 rings (SSSR count). The van der Waals surface area contributed by atoms with Crippen molar-refractivity contribution < 1.29 is 48.4 Å². The molecular formula is C30H16O10. The van der Waals surface area contributed by atoms with Crippen LogP contribution in [0, 0.1) is 0 Å². The molecule has 2 heterocycles. The summed E-state index contributed by atoms with van der Waals surface area (Å²) < 4.78 is 11.9. The number of aromatic carboxylic acids is 4. The quantitative estimate of drug-likeness (QED) is 0.185. The molecule has 0 bridgehead atoms. The van der Waals surface area contributed by atoms with Crippen molar-refractivity contribution in [2.45, 2.75) is 0 Å². The molecule has 0 amide bonds. The summed E-state index contributed by atoms with van der Waals surface area (Å²) in [5.74, 6) is -4.24. The molecule has 0 aliphatic rings. The first-order valence-corrected chi connectivity index (χ1v) is 11.7. The minimum Gasteiger partial charge on any atom is -0.478 e. The van der Waals surface area contributed by atoms with E-state index in [2.05, 4.69) is 0 Å². The van der Waals surface area contributed by atoms with Crippen molar-refractivity contribution in [1.82, 2.24) is 0 Å². The monoisotopic (exact) mass is 536 g/mol. The van der Waals surface area contributed by atoms with Crippen LogP contribution in [0.1, 0.15) is 41.4 Å². The lowest BCUT2D eigenvalue weighted by atomic mass is 9.93. The van der Waals surface area contributed by atoms with E-state index < -0.39 is 23.9 Å². The van der Waals surface area contributed by atoms with E-state index in [9.17, 15) is 39.6 Å². The SMILES string of the molecule is O=C(O)c1ccc(-c2cc3c(cc(C(=O)O)c4c5cc(-c6ccc(C(=O)O)cc6)oc5cc(C(=O)O)c34)o2)cc1. The van der Waals surface area contributed by atoms with Crippen LogP contribution >= 0.6 is 0 Å². The molecule has 6 aromatic rings. The zero-order valence-corrected chi connectivity index (χ0v) is 20.2. The zero-order valence-electron chi connectivity index (χ0n) is 20.2. The van der Waals surface area contributed by atoms with E-state index in [1.165, 1.54) is 60.7 Å². The molecule has 0 atom stereocenters. The maximum atomic E-state index is 12.4. The van der Waals surface area contributed by atoms with Gasteiger partial charge in [0.25, 0.3) is 0 Å². The zero-order chi connectivity index (χ0) is 28.3. The molecule has 10 heteroatoms. The average molecular weight is 536 g/mol. The summed E-state index contributed by atoms with van der Waals surface area (Å²) in [4.78, 5) is 47.2.